The fourth-order valence-corrected chi connectivity index (χ4v) is 6.29. The Morgan fingerprint density at radius 1 is 1.06 bits per heavy atom. The van der Waals surface area contributed by atoms with Crippen molar-refractivity contribution in [1.82, 2.24) is 0 Å². The van der Waals surface area contributed by atoms with Gasteiger partial charge in [-0.25, -0.2) is 13.2 Å². The van der Waals surface area contributed by atoms with Gasteiger partial charge in [-0.1, -0.05) is 44.2 Å². The number of ether oxygens (including phenoxy) is 1. The third-order valence-corrected chi connectivity index (χ3v) is 9.04. The van der Waals surface area contributed by atoms with E-state index in [9.17, 15) is 13.2 Å². The van der Waals surface area contributed by atoms with E-state index < -0.39 is 16.0 Å². The Balaban J connectivity index is 1.53. The molecule has 0 radical (unpaired) electrons. The number of aromatic carboxylic acids is 1. The number of benzene rings is 2. The molecule has 0 spiro atoms. The highest BCUT2D eigenvalue weighted by atomic mass is 32.2. The minimum absolute atomic E-state index is 0.00866. The fourth-order valence-electron chi connectivity index (χ4n) is 3.91. The van der Waals surface area contributed by atoms with E-state index in [1.807, 2.05) is 12.1 Å². The van der Waals surface area contributed by atoms with Gasteiger partial charge in [-0.15, -0.1) is 11.3 Å². The Hall–Kier alpha value is -3.10. The van der Waals surface area contributed by atoms with Gasteiger partial charge in [-0.3, -0.25) is 4.72 Å². The topological polar surface area (TPSA) is 92.7 Å². The molecule has 2 N–H and O–H groups in total. The second-order valence-electron chi connectivity index (χ2n) is 9.12. The molecule has 1 aromatic heterocycles. The van der Waals surface area contributed by atoms with E-state index in [4.69, 9.17) is 9.84 Å². The molecule has 0 bridgehead atoms. The standard InChI is InChI=1S/C26H27NO5S2/c1-26(2)14-12-18(13-15-26)17-4-6-19(7-5-17)23-10-11-24(33-23)34(30,31)27-21-9-8-20(25(28)29)16-22(21)32-3/h4-12,16,27H,13-15H2,1-3H3,(H,28,29). The van der Waals surface area contributed by atoms with Crippen LogP contribution >= 0.6 is 11.3 Å². The van der Waals surface area contributed by atoms with Gasteiger partial charge in [0.2, 0.25) is 0 Å². The van der Waals surface area contributed by atoms with Gasteiger partial charge in [0.15, 0.2) is 0 Å². The third kappa shape index (κ3) is 5.18. The predicted octanol–water partition coefficient (Wildman–Crippen LogP) is 6.52. The number of thiophene rings is 1. The van der Waals surface area contributed by atoms with Crippen LogP contribution in [-0.4, -0.2) is 26.6 Å². The van der Waals surface area contributed by atoms with Crippen LogP contribution in [0.15, 0.2) is 64.9 Å². The van der Waals surface area contributed by atoms with E-state index in [1.54, 1.807) is 12.1 Å². The highest BCUT2D eigenvalue weighted by molar-refractivity contribution is 7.94. The third-order valence-electron chi connectivity index (χ3n) is 6.05. The Labute approximate surface area is 204 Å². The Morgan fingerprint density at radius 3 is 2.38 bits per heavy atom. The van der Waals surface area contributed by atoms with Crippen molar-refractivity contribution < 1.29 is 23.1 Å². The summed E-state index contributed by atoms with van der Waals surface area (Å²) in [5.41, 5.74) is 4.08. The molecule has 0 saturated carbocycles. The number of allylic oxidation sites excluding steroid dienone is 2. The molecule has 0 atom stereocenters. The Morgan fingerprint density at radius 2 is 1.76 bits per heavy atom. The lowest BCUT2D eigenvalue weighted by Crippen LogP contribution is -2.13. The van der Waals surface area contributed by atoms with E-state index in [0.29, 0.717) is 5.41 Å². The number of carboxylic acid groups (broad SMARTS) is 1. The molecule has 6 nitrogen and oxygen atoms in total. The number of rotatable bonds is 7. The van der Waals surface area contributed by atoms with E-state index in [0.717, 1.165) is 23.3 Å². The molecule has 0 aliphatic heterocycles. The van der Waals surface area contributed by atoms with Crippen LogP contribution in [0.5, 0.6) is 5.75 Å². The number of methoxy groups -OCH3 is 1. The van der Waals surface area contributed by atoms with Crippen LogP contribution in [0.3, 0.4) is 0 Å². The number of sulfonamides is 1. The Bertz CT molecular complexity index is 1350. The van der Waals surface area contributed by atoms with Crippen molar-refractivity contribution in [3.05, 3.63) is 71.8 Å². The maximum Gasteiger partial charge on any atom is 0.335 e. The first-order chi connectivity index (χ1) is 16.1. The summed E-state index contributed by atoms with van der Waals surface area (Å²) in [7, 11) is -2.51. The summed E-state index contributed by atoms with van der Waals surface area (Å²) < 4.78 is 33.8. The average molecular weight is 498 g/mol. The van der Waals surface area contributed by atoms with Crippen molar-refractivity contribution >= 4 is 38.6 Å². The molecule has 0 fully saturated rings. The minimum Gasteiger partial charge on any atom is -0.495 e. The van der Waals surface area contributed by atoms with Crippen LogP contribution in [0, 0.1) is 5.41 Å². The SMILES string of the molecule is COc1cc(C(=O)O)ccc1NS(=O)(=O)c1ccc(-c2ccc(C3=CCC(C)(C)CC3)cc2)s1. The van der Waals surface area contributed by atoms with Crippen molar-refractivity contribution in [1.29, 1.82) is 0 Å². The first-order valence-corrected chi connectivity index (χ1v) is 13.2. The lowest BCUT2D eigenvalue weighted by Gasteiger charge is -2.28. The smallest absolute Gasteiger partial charge is 0.335 e. The predicted molar refractivity (Wildman–Crippen MR) is 136 cm³/mol. The van der Waals surface area contributed by atoms with Gasteiger partial charge < -0.3 is 9.84 Å². The zero-order valence-electron chi connectivity index (χ0n) is 19.3. The van der Waals surface area contributed by atoms with Crippen molar-refractivity contribution in [2.45, 2.75) is 37.3 Å². The van der Waals surface area contributed by atoms with Crippen LogP contribution in [0.1, 0.15) is 49.0 Å². The number of carboxylic acids is 1. The van der Waals surface area contributed by atoms with E-state index in [2.05, 4.69) is 36.8 Å². The summed E-state index contributed by atoms with van der Waals surface area (Å²) >= 11 is 1.17. The molecule has 0 unspecified atom stereocenters. The Kier molecular flexibility index (Phi) is 6.55. The molecule has 2 aromatic carbocycles. The van der Waals surface area contributed by atoms with Gasteiger partial charge in [0.1, 0.15) is 9.96 Å². The van der Waals surface area contributed by atoms with Gasteiger partial charge >= 0.3 is 5.97 Å². The van der Waals surface area contributed by atoms with Crippen molar-refractivity contribution in [3.8, 4) is 16.2 Å². The van der Waals surface area contributed by atoms with Gasteiger partial charge in [-0.2, -0.15) is 0 Å². The molecule has 34 heavy (non-hydrogen) atoms. The molecular formula is C26H27NO5S2. The molecule has 1 heterocycles. The van der Waals surface area contributed by atoms with Gasteiger partial charge in [0.25, 0.3) is 10.0 Å². The van der Waals surface area contributed by atoms with Gasteiger partial charge in [0, 0.05) is 4.88 Å². The van der Waals surface area contributed by atoms with Crippen molar-refractivity contribution in [2.75, 3.05) is 11.8 Å². The summed E-state index contributed by atoms with van der Waals surface area (Å²) in [6.07, 6.45) is 5.64. The number of hydrogen-bond acceptors (Lipinski definition) is 5. The largest absolute Gasteiger partial charge is 0.495 e. The zero-order chi connectivity index (χ0) is 24.5. The molecule has 3 aromatic rings. The highest BCUT2D eigenvalue weighted by Crippen LogP contribution is 2.39. The molecule has 1 aliphatic carbocycles. The lowest BCUT2D eigenvalue weighted by molar-refractivity contribution is 0.0696. The van der Waals surface area contributed by atoms with Gasteiger partial charge in [-0.05, 0) is 71.7 Å². The first kappa shape index (κ1) is 24.0. The van der Waals surface area contributed by atoms with Crippen LogP contribution < -0.4 is 9.46 Å². The van der Waals surface area contributed by atoms with E-state index in [-0.39, 0.29) is 21.2 Å². The zero-order valence-corrected chi connectivity index (χ0v) is 20.9. The minimum atomic E-state index is -3.87. The quantitative estimate of drug-likeness (QED) is 0.388. The van der Waals surface area contributed by atoms with Crippen LogP contribution in [0.2, 0.25) is 0 Å². The molecular weight excluding hydrogens is 470 g/mol. The normalized spacial score (nSPS) is 15.4. The summed E-state index contributed by atoms with van der Waals surface area (Å²) in [5.74, 6) is -0.985. The number of hydrogen-bond donors (Lipinski definition) is 2. The molecule has 0 saturated heterocycles. The maximum absolute atomic E-state index is 13.0. The molecule has 1 aliphatic rings. The van der Waals surface area contributed by atoms with Crippen molar-refractivity contribution in [3.63, 3.8) is 0 Å². The summed E-state index contributed by atoms with van der Waals surface area (Å²) in [6, 6.07) is 15.6. The second-order valence-corrected chi connectivity index (χ2v) is 12.1. The summed E-state index contributed by atoms with van der Waals surface area (Å²) in [5, 5.41) is 9.13. The monoisotopic (exact) mass is 497 g/mol. The number of nitrogens with one attached hydrogen (secondary N) is 1. The van der Waals surface area contributed by atoms with Crippen LogP contribution in [0.4, 0.5) is 5.69 Å². The number of carbonyl (C=O) groups is 1. The highest BCUT2D eigenvalue weighted by Gasteiger charge is 2.23. The van der Waals surface area contributed by atoms with Gasteiger partial charge in [0.05, 0.1) is 18.4 Å². The van der Waals surface area contributed by atoms with Crippen LogP contribution in [-0.2, 0) is 10.0 Å². The fraction of sp³-hybridized carbons (Fsp3) is 0.269. The van der Waals surface area contributed by atoms with Crippen molar-refractivity contribution in [2.24, 2.45) is 5.41 Å². The average Bonchev–Trinajstić information content (AvgIpc) is 3.31. The van der Waals surface area contributed by atoms with Crippen LogP contribution in [0.25, 0.3) is 16.0 Å². The first-order valence-electron chi connectivity index (χ1n) is 10.9. The second kappa shape index (κ2) is 9.27. The van der Waals surface area contributed by atoms with E-state index >= 15 is 0 Å². The molecule has 0 amide bonds. The van der Waals surface area contributed by atoms with E-state index in [1.165, 1.54) is 54.2 Å². The molecule has 8 heteroatoms. The molecule has 178 valence electrons. The summed E-state index contributed by atoms with van der Waals surface area (Å²) in [4.78, 5) is 12.0. The summed E-state index contributed by atoms with van der Waals surface area (Å²) in [6.45, 7) is 4.59. The lowest BCUT2D eigenvalue weighted by atomic mass is 9.77. The molecule has 4 rings (SSSR count). The number of anilines is 1. The maximum atomic E-state index is 13.0.